The van der Waals surface area contributed by atoms with Crippen LogP contribution in [0.25, 0.3) is 10.9 Å². The number of nitro benzene ring substituents is 1. The first-order valence-electron chi connectivity index (χ1n) is 7.50. The number of aromatic amines is 1. The van der Waals surface area contributed by atoms with Gasteiger partial charge in [-0.2, -0.15) is 0 Å². The van der Waals surface area contributed by atoms with Crippen molar-refractivity contribution < 1.29 is 14.5 Å². The highest BCUT2D eigenvalue weighted by molar-refractivity contribution is 5.87. The summed E-state index contributed by atoms with van der Waals surface area (Å²) in [6, 6.07) is 2.76. The van der Waals surface area contributed by atoms with Crippen molar-refractivity contribution in [2.75, 3.05) is 25.1 Å². The molecule has 1 atom stereocenters. The van der Waals surface area contributed by atoms with E-state index in [1.165, 1.54) is 25.6 Å². The standard InChI is InChI=1S/C15H16N4O5/c1-24-15(21)9-3-2-4-18(7-9)12-6-11-10(5-13(12)19(22)23)14(20)17-8-16-11/h5-6,8-9H,2-4,7H2,1H3,(H,16,17,20)/t9-/m0/s1. The summed E-state index contributed by atoms with van der Waals surface area (Å²) in [4.78, 5) is 42.8. The molecule has 1 saturated heterocycles. The van der Waals surface area contributed by atoms with Crippen LogP contribution in [-0.4, -0.2) is 41.1 Å². The van der Waals surface area contributed by atoms with E-state index in [2.05, 4.69) is 9.97 Å². The van der Waals surface area contributed by atoms with Crippen molar-refractivity contribution in [3.8, 4) is 0 Å². The van der Waals surface area contributed by atoms with Crippen molar-refractivity contribution >= 4 is 28.2 Å². The number of piperidine rings is 1. The van der Waals surface area contributed by atoms with Crippen LogP contribution >= 0.6 is 0 Å². The summed E-state index contributed by atoms with van der Waals surface area (Å²) in [7, 11) is 1.33. The Kier molecular flexibility index (Phi) is 4.15. The van der Waals surface area contributed by atoms with Gasteiger partial charge < -0.3 is 14.6 Å². The van der Waals surface area contributed by atoms with E-state index in [1.807, 2.05) is 0 Å². The number of H-pyrrole nitrogens is 1. The van der Waals surface area contributed by atoms with Gasteiger partial charge in [0.2, 0.25) is 0 Å². The van der Waals surface area contributed by atoms with E-state index in [0.29, 0.717) is 30.7 Å². The Balaban J connectivity index is 2.07. The van der Waals surface area contributed by atoms with Gasteiger partial charge in [-0.3, -0.25) is 19.7 Å². The number of hydrogen-bond acceptors (Lipinski definition) is 7. The number of nitrogens with zero attached hydrogens (tertiary/aromatic N) is 3. The molecule has 0 radical (unpaired) electrons. The van der Waals surface area contributed by atoms with Gasteiger partial charge in [-0.05, 0) is 18.9 Å². The Morgan fingerprint density at radius 3 is 3.00 bits per heavy atom. The maximum absolute atomic E-state index is 11.8. The van der Waals surface area contributed by atoms with Crippen LogP contribution in [-0.2, 0) is 9.53 Å². The molecule has 0 unspecified atom stereocenters. The smallest absolute Gasteiger partial charge is 0.310 e. The number of carbonyl (C=O) groups is 1. The molecule has 0 aliphatic carbocycles. The molecule has 0 saturated carbocycles. The number of nitrogens with one attached hydrogen (secondary N) is 1. The normalized spacial score (nSPS) is 17.7. The van der Waals surface area contributed by atoms with Crippen LogP contribution in [0.3, 0.4) is 0 Å². The minimum absolute atomic E-state index is 0.162. The van der Waals surface area contributed by atoms with Gasteiger partial charge in [0.15, 0.2) is 0 Å². The first kappa shape index (κ1) is 15.9. The van der Waals surface area contributed by atoms with Crippen LogP contribution in [0, 0.1) is 16.0 Å². The number of anilines is 1. The minimum atomic E-state index is -0.525. The SMILES string of the molecule is COC(=O)[C@H]1CCCN(c2cc3nc[nH]c(=O)c3cc2[N+](=O)[O-])C1. The maximum atomic E-state index is 11.8. The maximum Gasteiger partial charge on any atom is 0.310 e. The van der Waals surface area contributed by atoms with Gasteiger partial charge in [-0.1, -0.05) is 0 Å². The van der Waals surface area contributed by atoms with Crippen LogP contribution in [0.4, 0.5) is 11.4 Å². The molecule has 1 aromatic carbocycles. The Morgan fingerprint density at radius 2 is 2.29 bits per heavy atom. The summed E-state index contributed by atoms with van der Waals surface area (Å²) in [5.41, 5.74) is 0.131. The van der Waals surface area contributed by atoms with Gasteiger partial charge in [0.05, 0.1) is 35.2 Å². The summed E-state index contributed by atoms with van der Waals surface area (Å²) >= 11 is 0. The van der Waals surface area contributed by atoms with Crippen LogP contribution < -0.4 is 10.5 Å². The zero-order valence-corrected chi connectivity index (χ0v) is 13.0. The highest BCUT2D eigenvalue weighted by atomic mass is 16.6. The van der Waals surface area contributed by atoms with Crippen LogP contribution in [0.1, 0.15) is 12.8 Å². The first-order valence-corrected chi connectivity index (χ1v) is 7.50. The second-order valence-electron chi connectivity index (χ2n) is 5.66. The van der Waals surface area contributed by atoms with E-state index < -0.39 is 10.5 Å². The number of carbonyl (C=O) groups excluding carboxylic acids is 1. The molecule has 0 spiro atoms. The number of esters is 1. The van der Waals surface area contributed by atoms with Gasteiger partial charge in [-0.15, -0.1) is 0 Å². The van der Waals surface area contributed by atoms with E-state index >= 15 is 0 Å². The summed E-state index contributed by atoms with van der Waals surface area (Å²) in [5, 5.41) is 11.6. The Morgan fingerprint density at radius 1 is 1.50 bits per heavy atom. The molecule has 0 bridgehead atoms. The topological polar surface area (TPSA) is 118 Å². The Bertz CT molecular complexity index is 863. The van der Waals surface area contributed by atoms with E-state index in [1.54, 1.807) is 4.90 Å². The molecule has 9 heteroatoms. The first-order chi connectivity index (χ1) is 11.5. The van der Waals surface area contributed by atoms with E-state index in [9.17, 15) is 19.7 Å². The second kappa shape index (κ2) is 6.26. The molecular weight excluding hydrogens is 316 g/mol. The fourth-order valence-corrected chi connectivity index (χ4v) is 3.05. The third-order valence-corrected chi connectivity index (χ3v) is 4.23. The molecule has 1 aliphatic rings. The predicted molar refractivity (Wildman–Crippen MR) is 86.0 cm³/mol. The zero-order valence-electron chi connectivity index (χ0n) is 13.0. The molecule has 1 fully saturated rings. The molecule has 0 amide bonds. The summed E-state index contributed by atoms with van der Waals surface area (Å²) in [6.07, 6.45) is 2.66. The molecule has 24 heavy (non-hydrogen) atoms. The average Bonchev–Trinajstić information content (AvgIpc) is 2.60. The lowest BCUT2D eigenvalue weighted by molar-refractivity contribution is -0.384. The summed E-state index contributed by atoms with van der Waals surface area (Å²) in [6.45, 7) is 0.922. The van der Waals surface area contributed by atoms with Crippen molar-refractivity contribution in [3.05, 3.63) is 38.9 Å². The molecule has 3 rings (SSSR count). The van der Waals surface area contributed by atoms with Crippen molar-refractivity contribution in [3.63, 3.8) is 0 Å². The highest BCUT2D eigenvalue weighted by Gasteiger charge is 2.30. The lowest BCUT2D eigenvalue weighted by atomic mass is 9.97. The van der Waals surface area contributed by atoms with E-state index in [-0.39, 0.29) is 23.0 Å². The monoisotopic (exact) mass is 332 g/mol. The number of nitro groups is 1. The lowest BCUT2D eigenvalue weighted by Crippen LogP contribution is -2.39. The van der Waals surface area contributed by atoms with Crippen LogP contribution in [0.2, 0.25) is 0 Å². The number of hydrogen-bond donors (Lipinski definition) is 1. The fraction of sp³-hybridized carbons (Fsp3) is 0.400. The average molecular weight is 332 g/mol. The van der Waals surface area contributed by atoms with Crippen molar-refractivity contribution in [1.82, 2.24) is 9.97 Å². The molecular formula is C15H16N4O5. The van der Waals surface area contributed by atoms with E-state index in [4.69, 9.17) is 4.74 Å². The third kappa shape index (κ3) is 2.80. The molecule has 1 N–H and O–H groups in total. The molecule has 126 valence electrons. The quantitative estimate of drug-likeness (QED) is 0.510. The van der Waals surface area contributed by atoms with Crippen LogP contribution in [0.15, 0.2) is 23.3 Å². The number of benzene rings is 1. The number of aromatic nitrogens is 2. The predicted octanol–water partition coefficient (Wildman–Crippen LogP) is 1.22. The van der Waals surface area contributed by atoms with E-state index in [0.717, 1.165) is 6.42 Å². The fourth-order valence-electron chi connectivity index (χ4n) is 3.05. The molecule has 2 aromatic rings. The van der Waals surface area contributed by atoms with Crippen molar-refractivity contribution in [2.45, 2.75) is 12.8 Å². The minimum Gasteiger partial charge on any atom is -0.469 e. The largest absolute Gasteiger partial charge is 0.469 e. The van der Waals surface area contributed by atoms with Gasteiger partial charge in [0.25, 0.3) is 11.2 Å². The highest BCUT2D eigenvalue weighted by Crippen LogP contribution is 2.34. The van der Waals surface area contributed by atoms with Gasteiger partial charge in [0.1, 0.15) is 5.69 Å². The molecule has 2 heterocycles. The van der Waals surface area contributed by atoms with Gasteiger partial charge in [0, 0.05) is 19.2 Å². The number of methoxy groups -OCH3 is 1. The Labute approximate surface area is 136 Å². The van der Waals surface area contributed by atoms with Crippen molar-refractivity contribution in [1.29, 1.82) is 0 Å². The zero-order chi connectivity index (χ0) is 17.3. The number of rotatable bonds is 3. The molecule has 1 aromatic heterocycles. The molecule has 1 aliphatic heterocycles. The van der Waals surface area contributed by atoms with Crippen molar-refractivity contribution in [2.24, 2.45) is 5.92 Å². The number of ether oxygens (including phenoxy) is 1. The summed E-state index contributed by atoms with van der Waals surface area (Å²) in [5.74, 6) is -0.649. The van der Waals surface area contributed by atoms with Crippen LogP contribution in [0.5, 0.6) is 0 Å². The van der Waals surface area contributed by atoms with Gasteiger partial charge >= 0.3 is 5.97 Å². The molecule has 9 nitrogen and oxygen atoms in total. The third-order valence-electron chi connectivity index (χ3n) is 4.23. The second-order valence-corrected chi connectivity index (χ2v) is 5.66. The number of fused-ring (bicyclic) bond motifs is 1. The van der Waals surface area contributed by atoms with Gasteiger partial charge in [-0.25, -0.2) is 4.98 Å². The Hall–Kier alpha value is -2.97. The summed E-state index contributed by atoms with van der Waals surface area (Å²) < 4.78 is 4.78. The lowest BCUT2D eigenvalue weighted by Gasteiger charge is -2.32.